The number of aromatic nitrogens is 1. The second-order valence-corrected chi connectivity index (χ2v) is 6.92. The van der Waals surface area contributed by atoms with Gasteiger partial charge in [0.15, 0.2) is 17.3 Å². The van der Waals surface area contributed by atoms with Crippen LogP contribution in [0.1, 0.15) is 47.8 Å². The van der Waals surface area contributed by atoms with Gasteiger partial charge in [-0.15, -0.1) is 0 Å². The molecule has 4 rings (SSSR count). The molecule has 1 aliphatic rings. The molecule has 1 saturated carbocycles. The van der Waals surface area contributed by atoms with Crippen molar-refractivity contribution in [1.29, 1.82) is 0 Å². The number of carbonyl (C=O) groups is 2. The van der Waals surface area contributed by atoms with Crippen LogP contribution in [0.2, 0.25) is 5.02 Å². The molecule has 2 aromatic carbocycles. The van der Waals surface area contributed by atoms with Gasteiger partial charge in [-0.25, -0.2) is 4.98 Å². The Kier molecular flexibility index (Phi) is 4.47. The molecule has 5 nitrogen and oxygen atoms in total. The van der Waals surface area contributed by atoms with Gasteiger partial charge < -0.3 is 9.73 Å². The lowest BCUT2D eigenvalue weighted by atomic mass is 10.1. The van der Waals surface area contributed by atoms with E-state index in [1.54, 1.807) is 36.4 Å². The molecule has 1 aromatic heterocycles. The molecule has 132 valence electrons. The number of rotatable bonds is 6. The molecular formula is C20H17ClN2O3. The number of halogens is 1. The molecule has 0 spiro atoms. The van der Waals surface area contributed by atoms with Crippen LogP contribution in [0.15, 0.2) is 46.9 Å². The Morgan fingerprint density at radius 2 is 1.88 bits per heavy atom. The van der Waals surface area contributed by atoms with Gasteiger partial charge in [-0.05, 0) is 55.3 Å². The Bertz CT molecular complexity index is 974. The van der Waals surface area contributed by atoms with E-state index >= 15 is 0 Å². The first-order valence-electron chi connectivity index (χ1n) is 8.57. The summed E-state index contributed by atoms with van der Waals surface area (Å²) >= 11 is 5.81. The predicted molar refractivity (Wildman–Crippen MR) is 99.6 cm³/mol. The van der Waals surface area contributed by atoms with Gasteiger partial charge in [-0.2, -0.15) is 0 Å². The van der Waals surface area contributed by atoms with Gasteiger partial charge in [0.05, 0.1) is 0 Å². The summed E-state index contributed by atoms with van der Waals surface area (Å²) in [5, 5.41) is 3.39. The summed E-state index contributed by atoms with van der Waals surface area (Å²) in [7, 11) is 0. The third kappa shape index (κ3) is 3.78. The Morgan fingerprint density at radius 1 is 1.12 bits per heavy atom. The van der Waals surface area contributed by atoms with Crippen LogP contribution in [0.5, 0.6) is 0 Å². The molecule has 6 heteroatoms. The maximum absolute atomic E-state index is 12.1. The highest BCUT2D eigenvalue weighted by Crippen LogP contribution is 2.40. The minimum absolute atomic E-state index is 0.0853. The fourth-order valence-electron chi connectivity index (χ4n) is 2.76. The Labute approximate surface area is 155 Å². The molecule has 1 amide bonds. The van der Waals surface area contributed by atoms with Crippen LogP contribution in [0.25, 0.3) is 11.1 Å². The number of nitrogens with one attached hydrogen (secondary N) is 1. The number of nitrogens with zero attached hydrogens (tertiary/aromatic N) is 1. The van der Waals surface area contributed by atoms with Gasteiger partial charge in [0.1, 0.15) is 5.52 Å². The van der Waals surface area contributed by atoms with E-state index in [1.165, 1.54) is 0 Å². The summed E-state index contributed by atoms with van der Waals surface area (Å²) < 4.78 is 5.71. The number of Topliss-reactive ketones (excluding diaryl/α,β-unsaturated/α-hetero) is 1. The summed E-state index contributed by atoms with van der Waals surface area (Å²) in [6.07, 6.45) is 2.51. The van der Waals surface area contributed by atoms with Crippen molar-refractivity contribution in [2.45, 2.75) is 31.6 Å². The molecule has 0 saturated heterocycles. The largest absolute Gasteiger partial charge is 0.440 e. The SMILES string of the molecule is O=C(CCC(=O)c1ccc(Cl)cc1)Nc1ccc2oc(C3CC3)nc2c1. The summed E-state index contributed by atoms with van der Waals surface area (Å²) in [6, 6.07) is 12.0. The maximum Gasteiger partial charge on any atom is 0.224 e. The number of oxazole rings is 1. The van der Waals surface area contributed by atoms with Crippen molar-refractivity contribution in [2.24, 2.45) is 0 Å². The number of hydrogen-bond acceptors (Lipinski definition) is 4. The van der Waals surface area contributed by atoms with Crippen molar-refractivity contribution in [1.82, 2.24) is 4.98 Å². The van der Waals surface area contributed by atoms with E-state index in [0.29, 0.717) is 22.2 Å². The van der Waals surface area contributed by atoms with Crippen LogP contribution in [0.4, 0.5) is 5.69 Å². The highest BCUT2D eigenvalue weighted by molar-refractivity contribution is 6.30. The van der Waals surface area contributed by atoms with E-state index in [-0.39, 0.29) is 24.5 Å². The lowest BCUT2D eigenvalue weighted by Crippen LogP contribution is -2.13. The first-order valence-corrected chi connectivity index (χ1v) is 8.95. The summed E-state index contributed by atoms with van der Waals surface area (Å²) in [6.45, 7) is 0. The van der Waals surface area contributed by atoms with E-state index in [1.807, 2.05) is 6.07 Å². The van der Waals surface area contributed by atoms with Gasteiger partial charge in [-0.3, -0.25) is 9.59 Å². The normalized spacial score (nSPS) is 13.7. The standard InChI is InChI=1S/C20H17ClN2O3/c21-14-5-3-12(4-6-14)17(24)8-10-19(25)22-15-7-9-18-16(11-15)23-20(26-18)13-1-2-13/h3-7,9,11,13H,1-2,8,10H2,(H,22,25). The van der Waals surface area contributed by atoms with Crippen LogP contribution < -0.4 is 5.32 Å². The molecule has 1 N–H and O–H groups in total. The number of amides is 1. The first-order chi connectivity index (χ1) is 12.6. The second-order valence-electron chi connectivity index (χ2n) is 6.49. The molecule has 0 bridgehead atoms. The van der Waals surface area contributed by atoms with Crippen LogP contribution in [0, 0.1) is 0 Å². The second kappa shape index (κ2) is 6.92. The maximum atomic E-state index is 12.1. The van der Waals surface area contributed by atoms with Crippen LogP contribution in [-0.2, 0) is 4.79 Å². The predicted octanol–water partition coefficient (Wildman–Crippen LogP) is 4.96. The number of hydrogen-bond donors (Lipinski definition) is 1. The van der Waals surface area contributed by atoms with Crippen LogP contribution in [0.3, 0.4) is 0 Å². The fourth-order valence-corrected chi connectivity index (χ4v) is 2.88. The molecule has 1 heterocycles. The summed E-state index contributed by atoms with van der Waals surface area (Å²) in [4.78, 5) is 28.7. The molecular weight excluding hydrogens is 352 g/mol. The van der Waals surface area contributed by atoms with Crippen molar-refractivity contribution in [3.8, 4) is 0 Å². The molecule has 0 atom stereocenters. The van der Waals surface area contributed by atoms with E-state index in [9.17, 15) is 9.59 Å². The smallest absolute Gasteiger partial charge is 0.224 e. The Hall–Kier alpha value is -2.66. The minimum atomic E-state index is -0.211. The molecule has 3 aromatic rings. The zero-order valence-electron chi connectivity index (χ0n) is 14.0. The quantitative estimate of drug-likeness (QED) is 0.624. The Morgan fingerprint density at radius 3 is 2.62 bits per heavy atom. The number of anilines is 1. The monoisotopic (exact) mass is 368 g/mol. The van der Waals surface area contributed by atoms with E-state index in [0.717, 1.165) is 29.8 Å². The highest BCUT2D eigenvalue weighted by Gasteiger charge is 2.28. The highest BCUT2D eigenvalue weighted by atomic mass is 35.5. The topological polar surface area (TPSA) is 72.2 Å². The lowest BCUT2D eigenvalue weighted by Gasteiger charge is -2.05. The van der Waals surface area contributed by atoms with Gasteiger partial charge >= 0.3 is 0 Å². The average Bonchev–Trinajstić information content (AvgIpc) is 3.40. The van der Waals surface area contributed by atoms with Crippen LogP contribution >= 0.6 is 11.6 Å². The minimum Gasteiger partial charge on any atom is -0.440 e. The molecule has 1 fully saturated rings. The molecule has 26 heavy (non-hydrogen) atoms. The van der Waals surface area contributed by atoms with Crippen molar-refractivity contribution >= 4 is 40.1 Å². The van der Waals surface area contributed by atoms with E-state index < -0.39 is 0 Å². The van der Waals surface area contributed by atoms with E-state index in [4.69, 9.17) is 16.0 Å². The van der Waals surface area contributed by atoms with Crippen molar-refractivity contribution < 1.29 is 14.0 Å². The van der Waals surface area contributed by atoms with Crippen LogP contribution in [-0.4, -0.2) is 16.7 Å². The zero-order valence-corrected chi connectivity index (χ0v) is 14.8. The average molecular weight is 369 g/mol. The van der Waals surface area contributed by atoms with Gasteiger partial charge in [0.2, 0.25) is 5.91 Å². The number of ketones is 1. The lowest BCUT2D eigenvalue weighted by molar-refractivity contribution is -0.116. The fraction of sp³-hybridized carbons (Fsp3) is 0.250. The summed E-state index contributed by atoms with van der Waals surface area (Å²) in [5.41, 5.74) is 2.67. The Balaban J connectivity index is 1.36. The van der Waals surface area contributed by atoms with Gasteiger partial charge in [-0.1, -0.05) is 11.6 Å². The zero-order chi connectivity index (χ0) is 18.1. The third-order valence-corrected chi connectivity index (χ3v) is 4.61. The van der Waals surface area contributed by atoms with E-state index in [2.05, 4.69) is 10.3 Å². The molecule has 0 aliphatic heterocycles. The molecule has 1 aliphatic carbocycles. The number of fused-ring (bicyclic) bond motifs is 1. The molecule has 0 unspecified atom stereocenters. The van der Waals surface area contributed by atoms with Gasteiger partial charge in [0, 0.05) is 35.0 Å². The molecule has 0 radical (unpaired) electrons. The third-order valence-electron chi connectivity index (χ3n) is 4.36. The number of benzene rings is 2. The van der Waals surface area contributed by atoms with Crippen molar-refractivity contribution in [2.75, 3.05) is 5.32 Å². The van der Waals surface area contributed by atoms with Crippen molar-refractivity contribution in [3.05, 3.63) is 58.9 Å². The van der Waals surface area contributed by atoms with Gasteiger partial charge in [0.25, 0.3) is 0 Å². The van der Waals surface area contributed by atoms with Crippen molar-refractivity contribution in [3.63, 3.8) is 0 Å². The summed E-state index contributed by atoms with van der Waals surface area (Å²) in [5.74, 6) is 0.923. The number of carbonyl (C=O) groups excluding carboxylic acids is 2. The first kappa shape index (κ1) is 16.8.